The molecule has 1 aliphatic carbocycles. The molecule has 1 atom stereocenters. The van der Waals surface area contributed by atoms with E-state index < -0.39 is 6.04 Å². The molecule has 18 heteroatoms. The normalized spacial score (nSPS) is 23.2. The van der Waals surface area contributed by atoms with Crippen molar-refractivity contribution in [2.24, 2.45) is 5.41 Å². The molecule has 10 rings (SSSR count). The van der Waals surface area contributed by atoms with E-state index in [9.17, 15) is 24.0 Å². The Bertz CT molecular complexity index is 2620. The first-order valence-corrected chi connectivity index (χ1v) is 23.2. The second-order valence-electron chi connectivity index (χ2n) is 18.9. The molecular formula is C47H55ClN10O7. The molecule has 0 radical (unpaired) electrons. The van der Waals surface area contributed by atoms with Crippen molar-refractivity contribution in [3.8, 4) is 5.75 Å². The number of benzene rings is 2. The van der Waals surface area contributed by atoms with Crippen molar-refractivity contribution in [3.05, 3.63) is 75.2 Å². The number of rotatable bonds is 12. The zero-order valence-electron chi connectivity index (χ0n) is 37.0. The average Bonchev–Trinajstić information content (AvgIpc) is 3.86. The van der Waals surface area contributed by atoms with E-state index in [4.69, 9.17) is 26.1 Å². The Balaban J connectivity index is 0.684. The number of carbonyl (C=O) groups is 4. The molecule has 4 saturated heterocycles. The minimum atomic E-state index is -0.604. The molecule has 1 unspecified atom stereocenters. The molecule has 5 aliphatic heterocycles. The number of piperidine rings is 2. The molecule has 6 aliphatic rings. The van der Waals surface area contributed by atoms with Crippen molar-refractivity contribution in [2.45, 2.75) is 95.7 Å². The summed E-state index contributed by atoms with van der Waals surface area (Å²) in [6.45, 7) is 9.71. The molecule has 4 amide bonds. The van der Waals surface area contributed by atoms with Gasteiger partial charge in [0.25, 0.3) is 17.4 Å². The Morgan fingerprint density at radius 3 is 2.52 bits per heavy atom. The number of imide groups is 1. The number of hydrogen-bond donors (Lipinski definition) is 3. The van der Waals surface area contributed by atoms with Crippen LogP contribution in [0.2, 0.25) is 5.02 Å². The lowest BCUT2D eigenvalue weighted by Gasteiger charge is -2.56. The van der Waals surface area contributed by atoms with E-state index in [-0.39, 0.29) is 71.6 Å². The van der Waals surface area contributed by atoms with E-state index in [1.807, 2.05) is 44.2 Å². The van der Waals surface area contributed by atoms with Gasteiger partial charge in [0.1, 0.15) is 11.1 Å². The number of nitrogens with zero attached hydrogens (tertiary/aromatic N) is 7. The summed E-state index contributed by atoms with van der Waals surface area (Å²) in [4.78, 5) is 80.7. The maximum atomic E-state index is 13.3. The van der Waals surface area contributed by atoms with E-state index in [2.05, 4.69) is 41.7 Å². The summed E-state index contributed by atoms with van der Waals surface area (Å²) < 4.78 is 13.9. The molecule has 65 heavy (non-hydrogen) atoms. The van der Waals surface area contributed by atoms with Gasteiger partial charge in [-0.2, -0.15) is 4.98 Å². The molecule has 5 fully saturated rings. The molecule has 0 bridgehead atoms. The number of ether oxygens (including phenoxy) is 2. The van der Waals surface area contributed by atoms with E-state index in [1.54, 1.807) is 21.7 Å². The van der Waals surface area contributed by atoms with Crippen molar-refractivity contribution in [2.75, 3.05) is 68.0 Å². The minimum Gasteiger partial charge on any atom is -0.478 e. The molecule has 2 aromatic carbocycles. The molecule has 17 nitrogen and oxygen atoms in total. The Kier molecular flexibility index (Phi) is 11.4. The van der Waals surface area contributed by atoms with Gasteiger partial charge in [-0.05, 0) is 100 Å². The van der Waals surface area contributed by atoms with Gasteiger partial charge in [0.2, 0.25) is 17.8 Å². The number of carbonyl (C=O) groups excluding carboxylic acids is 4. The van der Waals surface area contributed by atoms with Crippen LogP contribution in [0.3, 0.4) is 0 Å². The minimum absolute atomic E-state index is 0.0968. The van der Waals surface area contributed by atoms with Gasteiger partial charge in [-0.15, -0.1) is 0 Å². The summed E-state index contributed by atoms with van der Waals surface area (Å²) in [5, 5.41) is 9.37. The lowest BCUT2D eigenvalue weighted by Crippen LogP contribution is -2.64. The van der Waals surface area contributed by atoms with Crippen molar-refractivity contribution in [3.63, 3.8) is 0 Å². The Hall–Kier alpha value is -5.78. The lowest BCUT2D eigenvalue weighted by atomic mass is 9.74. The predicted molar refractivity (Wildman–Crippen MR) is 245 cm³/mol. The molecule has 1 saturated carbocycles. The van der Waals surface area contributed by atoms with Gasteiger partial charge in [0.15, 0.2) is 18.2 Å². The van der Waals surface area contributed by atoms with Gasteiger partial charge in [0, 0.05) is 99.1 Å². The summed E-state index contributed by atoms with van der Waals surface area (Å²) in [7, 11) is 1.52. The van der Waals surface area contributed by atoms with Gasteiger partial charge in [0.05, 0.1) is 23.9 Å². The second kappa shape index (κ2) is 17.2. The smallest absolute Gasteiger partial charge is 0.293 e. The second-order valence-corrected chi connectivity index (χ2v) is 19.3. The highest BCUT2D eigenvalue weighted by atomic mass is 35.5. The third kappa shape index (κ3) is 8.38. The first-order chi connectivity index (χ1) is 31.3. The van der Waals surface area contributed by atoms with Gasteiger partial charge in [-0.25, -0.2) is 4.98 Å². The number of pyridine rings is 1. The SMILES string of the molecule is CNC(=O)COc1cc2cc(Nc3nc(N4CCC(O[C@H]5C[C@H](N6CC7(CCN(c8ccc9c(c8)CN(C8CCC(=O)NC8=O)C9=O)C7)C6)C5)CC4)ncc3Cl)ccc2n(C(C)C)c1=O. The zero-order chi connectivity index (χ0) is 45.1. The molecule has 342 valence electrons. The highest BCUT2D eigenvalue weighted by Gasteiger charge is 2.52. The lowest BCUT2D eigenvalue weighted by molar-refractivity contribution is -0.137. The van der Waals surface area contributed by atoms with E-state index in [1.165, 1.54) is 7.05 Å². The number of likely N-dealkylation sites (tertiary alicyclic amines) is 1. The Morgan fingerprint density at radius 2 is 1.77 bits per heavy atom. The summed E-state index contributed by atoms with van der Waals surface area (Å²) in [6.07, 6.45) is 7.74. The number of nitrogens with one attached hydrogen (secondary N) is 3. The largest absolute Gasteiger partial charge is 0.478 e. The number of fused-ring (bicyclic) bond motifs is 2. The highest BCUT2D eigenvalue weighted by molar-refractivity contribution is 6.33. The molecule has 3 N–H and O–H groups in total. The number of anilines is 4. The predicted octanol–water partition coefficient (Wildman–Crippen LogP) is 4.38. The third-order valence-electron chi connectivity index (χ3n) is 14.2. The van der Waals surface area contributed by atoms with Gasteiger partial charge >= 0.3 is 0 Å². The topological polar surface area (TPSA) is 184 Å². The zero-order valence-corrected chi connectivity index (χ0v) is 37.7. The monoisotopic (exact) mass is 906 g/mol. The van der Waals surface area contributed by atoms with Crippen LogP contribution in [0.5, 0.6) is 5.75 Å². The molecule has 2 aromatic heterocycles. The van der Waals surface area contributed by atoms with Crippen molar-refractivity contribution < 1.29 is 28.7 Å². The van der Waals surface area contributed by atoms with Gasteiger partial charge < -0.3 is 39.4 Å². The van der Waals surface area contributed by atoms with Crippen LogP contribution in [0, 0.1) is 5.41 Å². The molecule has 7 heterocycles. The average molecular weight is 907 g/mol. The maximum absolute atomic E-state index is 13.3. The van der Waals surface area contributed by atoms with Gasteiger partial charge in [-0.1, -0.05) is 11.6 Å². The first-order valence-electron chi connectivity index (χ1n) is 22.8. The van der Waals surface area contributed by atoms with Crippen molar-refractivity contribution in [1.82, 2.24) is 35.0 Å². The highest BCUT2D eigenvalue weighted by Crippen LogP contribution is 2.46. The number of likely N-dealkylation sites (N-methyl/N-ethyl adjacent to an activating group) is 1. The van der Waals surface area contributed by atoms with Crippen LogP contribution in [-0.2, 0) is 25.7 Å². The van der Waals surface area contributed by atoms with E-state index in [0.717, 1.165) is 99.2 Å². The first kappa shape index (κ1) is 43.1. The molecule has 1 spiro atoms. The fourth-order valence-corrected chi connectivity index (χ4v) is 10.8. The van der Waals surface area contributed by atoms with Crippen molar-refractivity contribution in [1.29, 1.82) is 0 Å². The number of halogens is 1. The third-order valence-corrected chi connectivity index (χ3v) is 14.5. The Morgan fingerprint density at radius 1 is 0.969 bits per heavy atom. The summed E-state index contributed by atoms with van der Waals surface area (Å²) in [5.41, 5.74) is 4.17. The quantitative estimate of drug-likeness (QED) is 0.171. The van der Waals surface area contributed by atoms with E-state index >= 15 is 0 Å². The summed E-state index contributed by atoms with van der Waals surface area (Å²) >= 11 is 6.61. The van der Waals surface area contributed by atoms with Crippen molar-refractivity contribution >= 4 is 69.3 Å². The van der Waals surface area contributed by atoms with Crippen LogP contribution in [-0.4, -0.2) is 125 Å². The Labute approximate surface area is 381 Å². The maximum Gasteiger partial charge on any atom is 0.293 e. The van der Waals surface area contributed by atoms with Gasteiger partial charge in [-0.3, -0.25) is 34.2 Å². The number of hydrogen-bond acceptors (Lipinski definition) is 13. The fraction of sp³-hybridized carbons (Fsp3) is 0.511. The van der Waals surface area contributed by atoms with Crippen LogP contribution in [0.4, 0.5) is 23.1 Å². The molecule has 4 aromatic rings. The molecular weight excluding hydrogens is 852 g/mol. The standard InChI is InChI=1S/C47H55ClN10O7/c1-27(2)58-37-7-4-30(16-28(37)18-39(45(58)63)64-23-41(60)49-3)51-42-36(48)21-50-46(53-42)54-13-10-33(11-14-54)65-34-19-32(20-34)56-25-47(26-56)12-15-55(24-47)31-5-6-35-29(17-31)22-57(44(35)62)38-8-9-40(59)52-43(38)61/h4-7,16-18,21,27,32-34,38H,8-15,19-20,22-26H2,1-3H3,(H,49,60)(H,50,51,53)(H,52,59,61)/t32-,34-,38?. The fourth-order valence-electron chi connectivity index (χ4n) is 10.6. The van der Waals surface area contributed by atoms with Crippen LogP contribution in [0.1, 0.15) is 80.8 Å². The van der Waals surface area contributed by atoms with Crippen LogP contribution in [0.15, 0.2) is 53.5 Å². The number of aromatic nitrogens is 3. The summed E-state index contributed by atoms with van der Waals surface area (Å²) in [5.74, 6) is 0.0390. The van der Waals surface area contributed by atoms with E-state index in [0.29, 0.717) is 41.4 Å². The van der Waals surface area contributed by atoms with Crippen LogP contribution in [0.25, 0.3) is 10.9 Å². The summed E-state index contributed by atoms with van der Waals surface area (Å²) in [6, 6.07) is 13.2. The number of amides is 4. The van der Waals surface area contributed by atoms with Crippen LogP contribution >= 0.6 is 11.6 Å². The van der Waals surface area contributed by atoms with Crippen LogP contribution < -0.4 is 36.0 Å².